The molecule has 0 aliphatic rings. The van der Waals surface area contributed by atoms with E-state index >= 15 is 0 Å². The Morgan fingerprint density at radius 2 is 2.15 bits per heavy atom. The molecule has 0 saturated heterocycles. The van der Waals surface area contributed by atoms with Crippen LogP contribution in [0.15, 0.2) is 30.7 Å². The molecule has 66 valence electrons. The average molecular weight is 174 g/mol. The second kappa shape index (κ2) is 2.90. The summed E-state index contributed by atoms with van der Waals surface area (Å²) in [5.74, 6) is 0. The topological polar surface area (TPSA) is 56.7 Å². The molecule has 13 heavy (non-hydrogen) atoms. The fourth-order valence-corrected chi connectivity index (χ4v) is 1.20. The van der Waals surface area contributed by atoms with Gasteiger partial charge in [0.15, 0.2) is 0 Å². The van der Waals surface area contributed by atoms with Crippen LogP contribution < -0.4 is 5.73 Å². The quantitative estimate of drug-likeness (QED) is 0.705. The van der Waals surface area contributed by atoms with Gasteiger partial charge in [0, 0.05) is 18.1 Å². The number of pyridine rings is 1. The van der Waals surface area contributed by atoms with Crippen LogP contribution in [0.4, 0.5) is 5.69 Å². The number of rotatable bonds is 1. The molecule has 0 fully saturated rings. The van der Waals surface area contributed by atoms with Gasteiger partial charge >= 0.3 is 0 Å². The summed E-state index contributed by atoms with van der Waals surface area (Å²) in [6.45, 7) is 1.97. The maximum atomic E-state index is 5.78. The molecule has 0 radical (unpaired) electrons. The Morgan fingerprint density at radius 3 is 2.77 bits per heavy atom. The lowest BCUT2D eigenvalue weighted by molar-refractivity contribution is 0.844. The van der Waals surface area contributed by atoms with Crippen molar-refractivity contribution in [2.45, 2.75) is 6.92 Å². The van der Waals surface area contributed by atoms with Crippen molar-refractivity contribution in [2.75, 3.05) is 5.73 Å². The Labute approximate surface area is 76.0 Å². The number of nitrogens with two attached hydrogens (primary N) is 1. The predicted octanol–water partition coefficient (Wildman–Crippen LogP) is 1.16. The molecule has 2 aromatic rings. The number of anilines is 1. The van der Waals surface area contributed by atoms with Gasteiger partial charge < -0.3 is 5.73 Å². The lowest BCUT2D eigenvalue weighted by Gasteiger charge is -2.05. The van der Waals surface area contributed by atoms with Crippen LogP contribution in [0.3, 0.4) is 0 Å². The summed E-state index contributed by atoms with van der Waals surface area (Å²) in [7, 11) is 0. The number of aryl methyl sites for hydroxylation is 1. The third-order valence-electron chi connectivity index (χ3n) is 1.89. The molecule has 2 rings (SSSR count). The van der Waals surface area contributed by atoms with Gasteiger partial charge in [-0.25, -0.2) is 4.68 Å². The van der Waals surface area contributed by atoms with Crippen molar-refractivity contribution < 1.29 is 0 Å². The monoisotopic (exact) mass is 174 g/mol. The van der Waals surface area contributed by atoms with E-state index in [1.807, 2.05) is 13.0 Å². The zero-order chi connectivity index (χ0) is 9.26. The lowest BCUT2D eigenvalue weighted by Crippen LogP contribution is -2.03. The standard InChI is InChI=1S/C9H10N4/c1-7-2-5-12-13(7)9-6-11-4-3-8(9)10/h2-6H,1H3,(H2,10,11). The van der Waals surface area contributed by atoms with Crippen LogP contribution in [0.1, 0.15) is 5.69 Å². The molecule has 0 aliphatic heterocycles. The summed E-state index contributed by atoms with van der Waals surface area (Å²) in [4.78, 5) is 4.00. The Kier molecular flexibility index (Phi) is 1.73. The Balaban J connectivity index is 2.59. The van der Waals surface area contributed by atoms with Gasteiger partial charge in [-0.1, -0.05) is 0 Å². The van der Waals surface area contributed by atoms with E-state index in [-0.39, 0.29) is 0 Å². The molecule has 4 nitrogen and oxygen atoms in total. The summed E-state index contributed by atoms with van der Waals surface area (Å²) in [5, 5.41) is 4.14. The van der Waals surface area contributed by atoms with Crippen molar-refractivity contribution in [1.29, 1.82) is 0 Å². The smallest absolute Gasteiger partial charge is 0.106 e. The summed E-state index contributed by atoms with van der Waals surface area (Å²) in [6.07, 6.45) is 5.11. The molecule has 0 spiro atoms. The van der Waals surface area contributed by atoms with Gasteiger partial charge in [-0.05, 0) is 19.1 Å². The largest absolute Gasteiger partial charge is 0.397 e. The van der Waals surface area contributed by atoms with Crippen molar-refractivity contribution in [3.05, 3.63) is 36.4 Å². The van der Waals surface area contributed by atoms with E-state index < -0.39 is 0 Å². The summed E-state index contributed by atoms with van der Waals surface area (Å²) >= 11 is 0. The summed E-state index contributed by atoms with van der Waals surface area (Å²) < 4.78 is 1.77. The first-order chi connectivity index (χ1) is 6.29. The molecule has 0 unspecified atom stereocenters. The maximum absolute atomic E-state index is 5.78. The summed E-state index contributed by atoms with van der Waals surface area (Å²) in [6, 6.07) is 3.68. The van der Waals surface area contributed by atoms with Crippen molar-refractivity contribution in [3.8, 4) is 5.69 Å². The predicted molar refractivity (Wildman–Crippen MR) is 50.5 cm³/mol. The van der Waals surface area contributed by atoms with Gasteiger partial charge in [0.25, 0.3) is 0 Å². The number of nitrogens with zero attached hydrogens (tertiary/aromatic N) is 3. The van der Waals surface area contributed by atoms with Gasteiger partial charge in [0.1, 0.15) is 5.69 Å². The van der Waals surface area contributed by atoms with Crippen LogP contribution >= 0.6 is 0 Å². The van der Waals surface area contributed by atoms with Crippen LogP contribution in [0.2, 0.25) is 0 Å². The van der Waals surface area contributed by atoms with Crippen LogP contribution in [0.25, 0.3) is 5.69 Å². The normalized spacial score (nSPS) is 10.2. The molecule has 0 saturated carbocycles. The van der Waals surface area contributed by atoms with Crippen molar-refractivity contribution in [2.24, 2.45) is 0 Å². The Bertz CT molecular complexity index is 419. The van der Waals surface area contributed by atoms with Gasteiger partial charge in [-0.15, -0.1) is 0 Å². The second-order valence-corrected chi connectivity index (χ2v) is 2.82. The molecule has 4 heteroatoms. The van der Waals surface area contributed by atoms with Gasteiger partial charge in [-0.2, -0.15) is 5.10 Å². The molecule has 2 N–H and O–H groups in total. The third-order valence-corrected chi connectivity index (χ3v) is 1.89. The first-order valence-electron chi connectivity index (χ1n) is 3.99. The molecule has 0 amide bonds. The first-order valence-corrected chi connectivity index (χ1v) is 3.99. The molecule has 0 atom stereocenters. The molecular weight excluding hydrogens is 164 g/mol. The Morgan fingerprint density at radius 1 is 1.31 bits per heavy atom. The van der Waals surface area contributed by atoms with Crippen LogP contribution in [0.5, 0.6) is 0 Å². The molecule has 0 aromatic carbocycles. The second-order valence-electron chi connectivity index (χ2n) is 2.82. The van der Waals surface area contributed by atoms with E-state index in [1.165, 1.54) is 0 Å². The minimum atomic E-state index is 0.682. The molecule has 0 aliphatic carbocycles. The molecule has 2 aromatic heterocycles. The number of nitrogen functional groups attached to an aromatic ring is 1. The van der Waals surface area contributed by atoms with Gasteiger partial charge in [-0.3, -0.25) is 4.98 Å². The highest BCUT2D eigenvalue weighted by molar-refractivity contribution is 5.55. The Hall–Kier alpha value is -1.84. The first kappa shape index (κ1) is 7.79. The van der Waals surface area contributed by atoms with Crippen LogP contribution in [-0.2, 0) is 0 Å². The van der Waals surface area contributed by atoms with E-state index in [1.54, 1.807) is 29.3 Å². The zero-order valence-electron chi connectivity index (χ0n) is 7.31. The third kappa shape index (κ3) is 1.26. The van der Waals surface area contributed by atoms with E-state index in [0.29, 0.717) is 5.69 Å². The molecular formula is C9H10N4. The SMILES string of the molecule is Cc1ccnn1-c1cnccc1N. The van der Waals surface area contributed by atoms with Gasteiger partial charge in [0.05, 0.1) is 11.9 Å². The number of hydrogen-bond acceptors (Lipinski definition) is 3. The molecule has 0 bridgehead atoms. The average Bonchev–Trinajstić information content (AvgIpc) is 2.52. The van der Waals surface area contributed by atoms with E-state index in [4.69, 9.17) is 5.73 Å². The highest BCUT2D eigenvalue weighted by Gasteiger charge is 2.03. The van der Waals surface area contributed by atoms with E-state index in [0.717, 1.165) is 11.4 Å². The number of hydrogen-bond donors (Lipinski definition) is 1. The lowest BCUT2D eigenvalue weighted by atomic mass is 10.3. The highest BCUT2D eigenvalue weighted by atomic mass is 15.3. The minimum Gasteiger partial charge on any atom is -0.397 e. The van der Waals surface area contributed by atoms with Crippen molar-refractivity contribution in [3.63, 3.8) is 0 Å². The number of aromatic nitrogens is 3. The van der Waals surface area contributed by atoms with Crippen LogP contribution in [-0.4, -0.2) is 14.8 Å². The fourth-order valence-electron chi connectivity index (χ4n) is 1.20. The summed E-state index contributed by atoms with van der Waals surface area (Å²) in [5.41, 5.74) is 8.33. The highest BCUT2D eigenvalue weighted by Crippen LogP contribution is 2.15. The van der Waals surface area contributed by atoms with Crippen molar-refractivity contribution in [1.82, 2.24) is 14.8 Å². The minimum absolute atomic E-state index is 0.682. The zero-order valence-corrected chi connectivity index (χ0v) is 7.31. The molecule has 2 heterocycles. The van der Waals surface area contributed by atoms with E-state index in [9.17, 15) is 0 Å². The van der Waals surface area contributed by atoms with Crippen LogP contribution in [0, 0.1) is 6.92 Å². The van der Waals surface area contributed by atoms with Gasteiger partial charge in [0.2, 0.25) is 0 Å². The van der Waals surface area contributed by atoms with E-state index in [2.05, 4.69) is 10.1 Å². The van der Waals surface area contributed by atoms with Crippen molar-refractivity contribution >= 4 is 5.69 Å². The maximum Gasteiger partial charge on any atom is 0.106 e. The fraction of sp³-hybridized carbons (Fsp3) is 0.111.